The van der Waals surface area contributed by atoms with Gasteiger partial charge in [0.05, 0.1) is 27.5 Å². The highest BCUT2D eigenvalue weighted by Crippen LogP contribution is 2.70. The zero-order valence-electron chi connectivity index (χ0n) is 16.1. The molecule has 0 spiro atoms. The molecule has 1 heterocycles. The van der Waals surface area contributed by atoms with E-state index in [-0.39, 0.29) is 17.3 Å². The van der Waals surface area contributed by atoms with Crippen molar-refractivity contribution in [2.45, 2.75) is 44.4 Å². The Kier molecular flexibility index (Phi) is 4.17. The van der Waals surface area contributed by atoms with Crippen molar-refractivity contribution in [3.05, 3.63) is 51.0 Å². The number of halogens is 2. The zero-order valence-corrected chi connectivity index (χ0v) is 17.6. The lowest BCUT2D eigenvalue weighted by atomic mass is 9.63. The topological polar surface area (TPSA) is 102 Å². The van der Waals surface area contributed by atoms with E-state index < -0.39 is 16.2 Å². The summed E-state index contributed by atoms with van der Waals surface area (Å²) in [5, 5.41) is 22.5. The van der Waals surface area contributed by atoms with Gasteiger partial charge < -0.3 is 5.32 Å². The largest absolute Gasteiger partial charge is 0.324 e. The molecular formula is C21H17Cl2N5O. The molecule has 2 atom stereocenters. The number of carbonyl (C=O) groups is 1. The molecule has 1 N–H and O–H groups in total. The van der Waals surface area contributed by atoms with Gasteiger partial charge in [-0.05, 0) is 36.5 Å². The Balaban J connectivity index is 1.90. The Morgan fingerprint density at radius 3 is 2.28 bits per heavy atom. The van der Waals surface area contributed by atoms with Crippen molar-refractivity contribution in [1.82, 2.24) is 9.97 Å². The number of carbonyl (C=O) groups excluding carboxylic acids is 1. The number of benzene rings is 1. The number of nitrogens with zero attached hydrogens (tertiary/aromatic N) is 4. The fourth-order valence-corrected chi connectivity index (χ4v) is 5.42. The van der Waals surface area contributed by atoms with Crippen molar-refractivity contribution < 1.29 is 4.79 Å². The monoisotopic (exact) mass is 425 g/mol. The molecular weight excluding hydrogens is 409 g/mol. The van der Waals surface area contributed by atoms with Crippen LogP contribution < -0.4 is 5.32 Å². The second kappa shape index (κ2) is 6.16. The van der Waals surface area contributed by atoms with Gasteiger partial charge in [0.25, 0.3) is 0 Å². The second-order valence-electron chi connectivity index (χ2n) is 8.28. The van der Waals surface area contributed by atoms with Crippen LogP contribution in [0.25, 0.3) is 0 Å². The molecule has 1 fully saturated rings. The van der Waals surface area contributed by atoms with E-state index in [1.165, 1.54) is 0 Å². The second-order valence-corrected chi connectivity index (χ2v) is 9.13. The molecule has 2 unspecified atom stereocenters. The lowest BCUT2D eigenvalue weighted by molar-refractivity contribution is -0.125. The fraction of sp³-hybridized carbons (Fsp3) is 0.381. The minimum absolute atomic E-state index is 0.00729. The molecule has 4 rings (SSSR count). The Morgan fingerprint density at radius 2 is 1.69 bits per heavy atom. The van der Waals surface area contributed by atoms with Crippen LogP contribution in [0.3, 0.4) is 0 Å². The van der Waals surface area contributed by atoms with Crippen LogP contribution >= 0.6 is 23.2 Å². The quantitative estimate of drug-likeness (QED) is 0.762. The third kappa shape index (κ3) is 2.31. The van der Waals surface area contributed by atoms with Gasteiger partial charge >= 0.3 is 0 Å². The standard InChI is InChI=1S/C21H17Cl2N5O/c1-19(2)20(3)6-7-21(19,17-16(20)26-14(9-24)15(10-25)27-17)18(29)28-13-5-4-11(22)8-12(13)23/h4-5,8H,6-7H2,1-3H3,(H,28,29). The van der Waals surface area contributed by atoms with Crippen LogP contribution in [0.2, 0.25) is 10.0 Å². The summed E-state index contributed by atoms with van der Waals surface area (Å²) < 4.78 is 0. The van der Waals surface area contributed by atoms with E-state index in [9.17, 15) is 15.3 Å². The van der Waals surface area contributed by atoms with Crippen molar-refractivity contribution in [2.24, 2.45) is 5.41 Å². The van der Waals surface area contributed by atoms with Crippen LogP contribution in [0, 0.1) is 28.1 Å². The van der Waals surface area contributed by atoms with E-state index in [2.05, 4.69) is 15.3 Å². The number of nitriles is 2. The molecule has 8 heteroatoms. The average molecular weight is 426 g/mol. The number of fused-ring (bicyclic) bond motifs is 5. The van der Waals surface area contributed by atoms with E-state index in [0.717, 1.165) is 6.42 Å². The first-order chi connectivity index (χ1) is 13.6. The zero-order chi connectivity index (χ0) is 21.2. The maximum absolute atomic E-state index is 13.7. The van der Waals surface area contributed by atoms with Crippen LogP contribution in [0.4, 0.5) is 5.69 Å². The molecule has 146 valence electrons. The first-order valence-electron chi connectivity index (χ1n) is 9.12. The molecule has 0 saturated heterocycles. The minimum Gasteiger partial charge on any atom is -0.324 e. The molecule has 2 bridgehead atoms. The van der Waals surface area contributed by atoms with Gasteiger partial charge in [0.2, 0.25) is 5.91 Å². The van der Waals surface area contributed by atoms with Gasteiger partial charge in [-0.3, -0.25) is 4.79 Å². The number of rotatable bonds is 2. The van der Waals surface area contributed by atoms with Crippen molar-refractivity contribution in [1.29, 1.82) is 10.5 Å². The van der Waals surface area contributed by atoms with Gasteiger partial charge in [-0.25, -0.2) is 9.97 Å². The molecule has 1 aromatic carbocycles. The fourth-order valence-electron chi connectivity index (χ4n) is 4.96. The summed E-state index contributed by atoms with van der Waals surface area (Å²) in [6.07, 6.45) is 1.28. The van der Waals surface area contributed by atoms with Crippen molar-refractivity contribution in [3.63, 3.8) is 0 Å². The van der Waals surface area contributed by atoms with E-state index in [1.54, 1.807) is 18.2 Å². The molecule has 1 saturated carbocycles. The predicted octanol–water partition coefficient (Wildman–Crippen LogP) is 4.49. The number of hydrogen-bond donors (Lipinski definition) is 1. The molecule has 0 aliphatic heterocycles. The SMILES string of the molecule is CC12CCC(C(=O)Nc3ccc(Cl)cc3Cl)(c3nc(C#N)c(C#N)nc31)C2(C)C. The van der Waals surface area contributed by atoms with Gasteiger partial charge in [-0.1, -0.05) is 44.0 Å². The Labute approximate surface area is 178 Å². The highest BCUT2D eigenvalue weighted by Gasteiger charge is 2.73. The van der Waals surface area contributed by atoms with E-state index in [4.69, 9.17) is 23.2 Å². The molecule has 2 aliphatic carbocycles. The molecule has 2 aliphatic rings. The third-order valence-corrected chi connectivity index (χ3v) is 7.60. The molecule has 6 nitrogen and oxygen atoms in total. The van der Waals surface area contributed by atoms with Crippen molar-refractivity contribution in [3.8, 4) is 12.1 Å². The predicted molar refractivity (Wildman–Crippen MR) is 109 cm³/mol. The van der Waals surface area contributed by atoms with Gasteiger partial charge in [0.1, 0.15) is 12.1 Å². The van der Waals surface area contributed by atoms with Crippen molar-refractivity contribution >= 4 is 34.8 Å². The maximum atomic E-state index is 13.7. The average Bonchev–Trinajstić information content (AvgIpc) is 2.98. The van der Waals surface area contributed by atoms with Crippen LogP contribution in [0.1, 0.15) is 56.4 Å². The lowest BCUT2D eigenvalue weighted by Crippen LogP contribution is -2.48. The summed E-state index contributed by atoms with van der Waals surface area (Å²) in [5.74, 6) is -0.253. The highest BCUT2D eigenvalue weighted by atomic mass is 35.5. The molecule has 0 radical (unpaired) electrons. The van der Waals surface area contributed by atoms with Gasteiger partial charge in [-0.15, -0.1) is 0 Å². The van der Waals surface area contributed by atoms with Gasteiger partial charge in [-0.2, -0.15) is 10.5 Å². The first-order valence-corrected chi connectivity index (χ1v) is 9.87. The van der Waals surface area contributed by atoms with Crippen LogP contribution in [0.15, 0.2) is 18.2 Å². The third-order valence-electron chi connectivity index (χ3n) is 7.05. The number of anilines is 1. The first kappa shape index (κ1) is 19.6. The number of nitrogens with one attached hydrogen (secondary N) is 1. The Bertz CT molecular complexity index is 1160. The number of hydrogen-bond acceptors (Lipinski definition) is 5. The Hall–Kier alpha value is -2.67. The molecule has 29 heavy (non-hydrogen) atoms. The molecule has 2 aromatic rings. The van der Waals surface area contributed by atoms with Crippen LogP contribution in [-0.2, 0) is 15.6 Å². The summed E-state index contributed by atoms with van der Waals surface area (Å²) in [6.45, 7) is 6.08. The minimum atomic E-state index is -0.993. The van der Waals surface area contributed by atoms with E-state index in [0.29, 0.717) is 33.5 Å². The summed E-state index contributed by atoms with van der Waals surface area (Å²) in [4.78, 5) is 22.7. The van der Waals surface area contributed by atoms with Gasteiger partial charge in [0.15, 0.2) is 11.4 Å². The van der Waals surface area contributed by atoms with E-state index in [1.807, 2.05) is 32.9 Å². The van der Waals surface area contributed by atoms with Gasteiger partial charge in [0, 0.05) is 10.4 Å². The normalized spacial score (nSPS) is 25.8. The number of aromatic nitrogens is 2. The molecule has 1 amide bonds. The van der Waals surface area contributed by atoms with E-state index >= 15 is 0 Å². The summed E-state index contributed by atoms with van der Waals surface area (Å²) in [7, 11) is 0. The maximum Gasteiger partial charge on any atom is 0.237 e. The Morgan fingerprint density at radius 1 is 1.07 bits per heavy atom. The lowest BCUT2D eigenvalue weighted by Gasteiger charge is -2.39. The highest BCUT2D eigenvalue weighted by molar-refractivity contribution is 6.36. The van der Waals surface area contributed by atoms with Crippen LogP contribution in [0.5, 0.6) is 0 Å². The summed E-state index contributed by atoms with van der Waals surface area (Å²) >= 11 is 12.2. The smallest absolute Gasteiger partial charge is 0.237 e. The summed E-state index contributed by atoms with van der Waals surface area (Å²) in [5.41, 5.74) is -0.483. The summed E-state index contributed by atoms with van der Waals surface area (Å²) in [6, 6.07) is 8.75. The number of amides is 1. The van der Waals surface area contributed by atoms with Crippen LogP contribution in [-0.4, -0.2) is 15.9 Å². The molecule has 1 aromatic heterocycles. The van der Waals surface area contributed by atoms with Crippen molar-refractivity contribution in [2.75, 3.05) is 5.32 Å².